The van der Waals surface area contributed by atoms with E-state index >= 15 is 0 Å². The lowest BCUT2D eigenvalue weighted by molar-refractivity contribution is 0.466. The first kappa shape index (κ1) is 15.2. The van der Waals surface area contributed by atoms with E-state index in [-0.39, 0.29) is 0 Å². The van der Waals surface area contributed by atoms with E-state index in [1.54, 1.807) is 0 Å². The van der Waals surface area contributed by atoms with E-state index in [4.69, 9.17) is 0 Å². The number of pyridine rings is 1. The van der Waals surface area contributed by atoms with Gasteiger partial charge in [0, 0.05) is 28.8 Å². The molecule has 106 valence electrons. The quantitative estimate of drug-likeness (QED) is 0.830. The third-order valence-corrected chi connectivity index (χ3v) is 4.10. The Morgan fingerprint density at radius 1 is 1.05 bits per heavy atom. The first-order chi connectivity index (χ1) is 9.72. The molecule has 2 aromatic rings. The highest BCUT2D eigenvalue weighted by molar-refractivity contribution is 9.10. The summed E-state index contributed by atoms with van der Waals surface area (Å²) in [5.41, 5.74) is 2.64. The van der Waals surface area contributed by atoms with Gasteiger partial charge in [0.2, 0.25) is 0 Å². The summed E-state index contributed by atoms with van der Waals surface area (Å²) in [4.78, 5) is 4.11. The van der Waals surface area contributed by atoms with Gasteiger partial charge in [0.1, 0.15) is 0 Å². The number of hydrogen-bond acceptors (Lipinski definition) is 2. The Bertz CT molecular complexity index is 510. The maximum atomic E-state index is 4.11. The number of nitrogens with zero attached hydrogens (tertiary/aromatic N) is 1. The second kappa shape index (κ2) is 7.55. The lowest BCUT2D eigenvalue weighted by atomic mass is 9.89. The minimum Gasteiger partial charge on any atom is -0.309 e. The van der Waals surface area contributed by atoms with Gasteiger partial charge in [-0.05, 0) is 48.4 Å². The molecule has 1 aromatic heterocycles. The molecule has 1 heterocycles. The van der Waals surface area contributed by atoms with Crippen LogP contribution in [0.5, 0.6) is 0 Å². The molecule has 0 bridgehead atoms. The monoisotopic (exact) mass is 332 g/mol. The summed E-state index contributed by atoms with van der Waals surface area (Å²) in [5, 5.41) is 3.67. The highest BCUT2D eigenvalue weighted by atomic mass is 79.9. The van der Waals surface area contributed by atoms with Gasteiger partial charge in [0.15, 0.2) is 0 Å². The van der Waals surface area contributed by atoms with Gasteiger partial charge in [-0.1, -0.05) is 41.9 Å². The fraction of sp³-hybridized carbons (Fsp3) is 0.353. The SMILES string of the molecule is CCCNC(c1ccc(Br)cc1)C(C)c1ccncc1. The summed E-state index contributed by atoms with van der Waals surface area (Å²) in [7, 11) is 0. The Hall–Kier alpha value is -1.19. The summed E-state index contributed by atoms with van der Waals surface area (Å²) in [6.45, 7) is 5.49. The molecule has 1 aromatic carbocycles. The lowest BCUT2D eigenvalue weighted by Crippen LogP contribution is -2.26. The van der Waals surface area contributed by atoms with Crippen molar-refractivity contribution in [3.8, 4) is 0 Å². The maximum absolute atomic E-state index is 4.11. The molecule has 2 rings (SSSR count). The van der Waals surface area contributed by atoms with Crippen molar-refractivity contribution >= 4 is 15.9 Å². The van der Waals surface area contributed by atoms with Crippen LogP contribution in [0.4, 0.5) is 0 Å². The third-order valence-electron chi connectivity index (χ3n) is 3.58. The van der Waals surface area contributed by atoms with E-state index in [2.05, 4.69) is 76.5 Å². The van der Waals surface area contributed by atoms with Crippen molar-refractivity contribution in [1.29, 1.82) is 0 Å². The van der Waals surface area contributed by atoms with Gasteiger partial charge >= 0.3 is 0 Å². The predicted octanol–water partition coefficient (Wildman–Crippen LogP) is 4.69. The Balaban J connectivity index is 2.25. The van der Waals surface area contributed by atoms with E-state index in [1.807, 2.05) is 12.4 Å². The number of nitrogens with one attached hydrogen (secondary N) is 1. The van der Waals surface area contributed by atoms with Gasteiger partial charge in [0.25, 0.3) is 0 Å². The zero-order chi connectivity index (χ0) is 14.4. The van der Waals surface area contributed by atoms with Gasteiger partial charge in [-0.15, -0.1) is 0 Å². The summed E-state index contributed by atoms with van der Waals surface area (Å²) in [6, 6.07) is 13.1. The molecule has 0 radical (unpaired) electrons. The van der Waals surface area contributed by atoms with Crippen LogP contribution in [-0.2, 0) is 0 Å². The zero-order valence-corrected chi connectivity index (χ0v) is 13.6. The molecular formula is C17H21BrN2. The van der Waals surface area contributed by atoms with Crippen LogP contribution in [-0.4, -0.2) is 11.5 Å². The zero-order valence-electron chi connectivity index (χ0n) is 12.0. The average molecular weight is 333 g/mol. The third kappa shape index (κ3) is 3.90. The molecule has 1 N–H and O–H groups in total. The molecule has 3 heteroatoms. The van der Waals surface area contributed by atoms with Crippen molar-refractivity contribution in [2.75, 3.05) is 6.54 Å². The summed E-state index contributed by atoms with van der Waals surface area (Å²) in [6.07, 6.45) is 4.87. The summed E-state index contributed by atoms with van der Waals surface area (Å²) in [5.74, 6) is 0.408. The molecule has 0 aliphatic rings. The first-order valence-electron chi connectivity index (χ1n) is 7.11. The van der Waals surface area contributed by atoms with Crippen LogP contribution >= 0.6 is 15.9 Å². The van der Waals surface area contributed by atoms with Gasteiger partial charge in [0.05, 0.1) is 0 Å². The van der Waals surface area contributed by atoms with E-state index in [1.165, 1.54) is 11.1 Å². The van der Waals surface area contributed by atoms with Gasteiger partial charge in [-0.3, -0.25) is 4.98 Å². The standard InChI is InChI=1S/C17H21BrN2/c1-3-10-20-17(15-4-6-16(18)7-5-15)13(2)14-8-11-19-12-9-14/h4-9,11-13,17,20H,3,10H2,1-2H3. The average Bonchev–Trinajstić information content (AvgIpc) is 2.50. The molecule has 0 aliphatic carbocycles. The lowest BCUT2D eigenvalue weighted by Gasteiger charge is -2.26. The number of benzene rings is 1. The van der Waals surface area contributed by atoms with Crippen molar-refractivity contribution in [3.63, 3.8) is 0 Å². The molecular weight excluding hydrogens is 312 g/mol. The minimum absolute atomic E-state index is 0.324. The molecule has 20 heavy (non-hydrogen) atoms. The van der Waals surface area contributed by atoms with Crippen LogP contribution in [0.15, 0.2) is 53.3 Å². The fourth-order valence-electron chi connectivity index (χ4n) is 2.41. The maximum Gasteiger partial charge on any atom is 0.0386 e. The van der Waals surface area contributed by atoms with Crippen molar-refractivity contribution in [2.45, 2.75) is 32.2 Å². The Kier molecular flexibility index (Phi) is 5.74. The number of hydrogen-bond donors (Lipinski definition) is 1. The van der Waals surface area contributed by atoms with Gasteiger partial charge in [-0.2, -0.15) is 0 Å². The predicted molar refractivity (Wildman–Crippen MR) is 87.8 cm³/mol. The summed E-state index contributed by atoms with van der Waals surface area (Å²) < 4.78 is 1.12. The largest absolute Gasteiger partial charge is 0.309 e. The molecule has 0 saturated heterocycles. The second-order valence-corrected chi connectivity index (χ2v) is 5.97. The molecule has 0 amide bonds. The van der Waals surface area contributed by atoms with Crippen LogP contribution in [0.2, 0.25) is 0 Å². The smallest absolute Gasteiger partial charge is 0.0386 e. The number of aromatic nitrogens is 1. The second-order valence-electron chi connectivity index (χ2n) is 5.05. The van der Waals surface area contributed by atoms with Crippen LogP contribution in [0.3, 0.4) is 0 Å². The molecule has 0 fully saturated rings. The van der Waals surface area contributed by atoms with Crippen LogP contribution in [0, 0.1) is 0 Å². The normalized spacial score (nSPS) is 13.9. The van der Waals surface area contributed by atoms with E-state index < -0.39 is 0 Å². The van der Waals surface area contributed by atoms with Crippen molar-refractivity contribution < 1.29 is 0 Å². The van der Waals surface area contributed by atoms with Crippen LogP contribution in [0.25, 0.3) is 0 Å². The number of halogens is 1. The molecule has 0 aliphatic heterocycles. The minimum atomic E-state index is 0.324. The highest BCUT2D eigenvalue weighted by Gasteiger charge is 2.20. The first-order valence-corrected chi connectivity index (χ1v) is 7.90. The number of rotatable bonds is 6. The molecule has 0 spiro atoms. The Morgan fingerprint density at radius 3 is 2.30 bits per heavy atom. The van der Waals surface area contributed by atoms with Gasteiger partial charge in [-0.25, -0.2) is 0 Å². The van der Waals surface area contributed by atoms with E-state index in [0.29, 0.717) is 12.0 Å². The van der Waals surface area contributed by atoms with E-state index in [9.17, 15) is 0 Å². The van der Waals surface area contributed by atoms with Crippen LogP contribution < -0.4 is 5.32 Å². The molecule has 2 unspecified atom stereocenters. The highest BCUT2D eigenvalue weighted by Crippen LogP contribution is 2.31. The Labute approximate surface area is 129 Å². The molecule has 2 atom stereocenters. The van der Waals surface area contributed by atoms with E-state index in [0.717, 1.165) is 17.4 Å². The van der Waals surface area contributed by atoms with Crippen LogP contribution in [0.1, 0.15) is 43.4 Å². The molecule has 0 saturated carbocycles. The molecule has 2 nitrogen and oxygen atoms in total. The topological polar surface area (TPSA) is 24.9 Å². The van der Waals surface area contributed by atoms with Crippen molar-refractivity contribution in [1.82, 2.24) is 10.3 Å². The summed E-state index contributed by atoms with van der Waals surface area (Å²) >= 11 is 3.50. The van der Waals surface area contributed by atoms with Gasteiger partial charge < -0.3 is 5.32 Å². The van der Waals surface area contributed by atoms with Crippen molar-refractivity contribution in [3.05, 3.63) is 64.4 Å². The van der Waals surface area contributed by atoms with Crippen molar-refractivity contribution in [2.24, 2.45) is 0 Å². The fourth-order valence-corrected chi connectivity index (χ4v) is 2.68. The Morgan fingerprint density at radius 2 is 1.70 bits per heavy atom.